The average molecular weight is 232 g/mol. The van der Waals surface area contributed by atoms with Gasteiger partial charge in [-0.2, -0.15) is 0 Å². The Morgan fingerprint density at radius 1 is 1.29 bits per heavy atom. The quantitative estimate of drug-likeness (QED) is 0.821. The van der Waals surface area contributed by atoms with Crippen LogP contribution in [0.4, 0.5) is 0 Å². The van der Waals surface area contributed by atoms with Gasteiger partial charge in [-0.1, -0.05) is 0 Å². The summed E-state index contributed by atoms with van der Waals surface area (Å²) in [4.78, 5) is 17.3. The Morgan fingerprint density at radius 3 is 2.76 bits per heavy atom. The van der Waals surface area contributed by atoms with Gasteiger partial charge in [0.05, 0.1) is 5.52 Å². The number of fused-ring (bicyclic) bond motifs is 1. The molecule has 4 heteroatoms. The largest absolute Gasteiger partial charge is 0.460 e. The van der Waals surface area contributed by atoms with Gasteiger partial charge in [0.2, 0.25) is 0 Å². The third-order valence-electron chi connectivity index (χ3n) is 3.30. The van der Waals surface area contributed by atoms with Crippen molar-refractivity contribution in [1.82, 2.24) is 9.88 Å². The zero-order valence-electron chi connectivity index (χ0n) is 9.95. The van der Waals surface area contributed by atoms with Gasteiger partial charge in [-0.05, 0) is 26.2 Å². The van der Waals surface area contributed by atoms with E-state index in [1.54, 1.807) is 6.07 Å². The van der Waals surface area contributed by atoms with Crippen LogP contribution in [0.2, 0.25) is 0 Å². The van der Waals surface area contributed by atoms with Gasteiger partial charge < -0.3 is 14.3 Å². The van der Waals surface area contributed by atoms with E-state index >= 15 is 0 Å². The Bertz CT molecular complexity index is 515. The Morgan fingerprint density at radius 2 is 2.06 bits per heavy atom. The van der Waals surface area contributed by atoms with Crippen molar-refractivity contribution in [1.29, 1.82) is 0 Å². The van der Waals surface area contributed by atoms with Crippen molar-refractivity contribution >= 4 is 17.0 Å². The second kappa shape index (κ2) is 3.95. The van der Waals surface area contributed by atoms with E-state index in [1.165, 1.54) is 6.42 Å². The SMILES string of the molecule is Cc1cc2[nH]c(C(=O)N3CCCCC3)cc2o1. The number of likely N-dealkylation sites (tertiary alicyclic amines) is 1. The highest BCUT2D eigenvalue weighted by Crippen LogP contribution is 2.21. The van der Waals surface area contributed by atoms with Crippen molar-refractivity contribution in [3.8, 4) is 0 Å². The van der Waals surface area contributed by atoms with E-state index in [0.29, 0.717) is 5.69 Å². The molecule has 0 aromatic carbocycles. The third kappa shape index (κ3) is 1.84. The topological polar surface area (TPSA) is 49.2 Å². The number of furan rings is 1. The van der Waals surface area contributed by atoms with Gasteiger partial charge >= 0.3 is 0 Å². The zero-order chi connectivity index (χ0) is 11.8. The zero-order valence-corrected chi connectivity index (χ0v) is 9.95. The molecule has 1 amide bonds. The summed E-state index contributed by atoms with van der Waals surface area (Å²) < 4.78 is 5.48. The van der Waals surface area contributed by atoms with Gasteiger partial charge in [-0.15, -0.1) is 0 Å². The minimum absolute atomic E-state index is 0.0914. The van der Waals surface area contributed by atoms with Crippen LogP contribution in [0, 0.1) is 6.92 Å². The number of hydrogen-bond acceptors (Lipinski definition) is 2. The molecule has 0 bridgehead atoms. The minimum atomic E-state index is 0.0914. The predicted octanol–water partition coefficient (Wildman–Crippen LogP) is 2.70. The van der Waals surface area contributed by atoms with Crippen molar-refractivity contribution in [3.63, 3.8) is 0 Å². The van der Waals surface area contributed by atoms with E-state index in [1.807, 2.05) is 17.9 Å². The van der Waals surface area contributed by atoms with Crippen LogP contribution in [0.25, 0.3) is 11.1 Å². The van der Waals surface area contributed by atoms with Crippen LogP contribution in [-0.2, 0) is 0 Å². The number of amides is 1. The van der Waals surface area contributed by atoms with E-state index in [2.05, 4.69) is 4.98 Å². The summed E-state index contributed by atoms with van der Waals surface area (Å²) in [5.41, 5.74) is 2.31. The maximum atomic E-state index is 12.2. The van der Waals surface area contributed by atoms with Crippen molar-refractivity contribution in [2.45, 2.75) is 26.2 Å². The number of carbonyl (C=O) groups is 1. The molecule has 1 N–H and O–H groups in total. The number of aromatic amines is 1. The average Bonchev–Trinajstić information content (AvgIpc) is 2.86. The fourth-order valence-electron chi connectivity index (χ4n) is 2.43. The number of nitrogens with zero attached hydrogens (tertiary/aromatic N) is 1. The highest BCUT2D eigenvalue weighted by molar-refractivity contribution is 5.96. The third-order valence-corrected chi connectivity index (χ3v) is 3.30. The van der Waals surface area contributed by atoms with Gasteiger partial charge in [-0.3, -0.25) is 4.79 Å². The molecule has 3 heterocycles. The van der Waals surface area contributed by atoms with Crippen LogP contribution in [0.1, 0.15) is 35.5 Å². The van der Waals surface area contributed by atoms with E-state index in [9.17, 15) is 4.79 Å². The summed E-state index contributed by atoms with van der Waals surface area (Å²) >= 11 is 0. The number of piperidine rings is 1. The number of hydrogen-bond donors (Lipinski definition) is 1. The van der Waals surface area contributed by atoms with Gasteiger partial charge in [-0.25, -0.2) is 0 Å². The van der Waals surface area contributed by atoms with Crippen LogP contribution < -0.4 is 0 Å². The minimum Gasteiger partial charge on any atom is -0.460 e. The Balaban J connectivity index is 1.86. The van der Waals surface area contributed by atoms with E-state index < -0.39 is 0 Å². The molecule has 0 atom stereocenters. The lowest BCUT2D eigenvalue weighted by atomic mass is 10.1. The number of carbonyl (C=O) groups excluding carboxylic acids is 1. The summed E-state index contributed by atoms with van der Waals surface area (Å²) in [5.74, 6) is 0.956. The van der Waals surface area contributed by atoms with Crippen molar-refractivity contribution < 1.29 is 9.21 Å². The fourth-order valence-corrected chi connectivity index (χ4v) is 2.43. The summed E-state index contributed by atoms with van der Waals surface area (Å²) in [5, 5.41) is 0. The maximum absolute atomic E-state index is 12.2. The normalized spacial score (nSPS) is 16.6. The molecule has 2 aromatic heterocycles. The Hall–Kier alpha value is -1.71. The number of H-pyrrole nitrogens is 1. The smallest absolute Gasteiger partial charge is 0.270 e. The fraction of sp³-hybridized carbons (Fsp3) is 0.462. The number of aromatic nitrogens is 1. The van der Waals surface area contributed by atoms with E-state index in [0.717, 1.165) is 42.8 Å². The number of aryl methyl sites for hydroxylation is 1. The molecule has 0 radical (unpaired) electrons. The predicted molar refractivity (Wildman–Crippen MR) is 65.1 cm³/mol. The van der Waals surface area contributed by atoms with Crippen LogP contribution in [0.5, 0.6) is 0 Å². The van der Waals surface area contributed by atoms with Crippen LogP contribution in [0.15, 0.2) is 16.5 Å². The van der Waals surface area contributed by atoms with Gasteiger partial charge in [0.1, 0.15) is 11.5 Å². The molecule has 4 nitrogen and oxygen atoms in total. The molecule has 2 aromatic rings. The molecular weight excluding hydrogens is 216 g/mol. The molecule has 0 unspecified atom stereocenters. The molecule has 0 spiro atoms. The van der Waals surface area contributed by atoms with Crippen molar-refractivity contribution in [3.05, 3.63) is 23.6 Å². The summed E-state index contributed by atoms with van der Waals surface area (Å²) in [6, 6.07) is 3.72. The molecule has 90 valence electrons. The monoisotopic (exact) mass is 232 g/mol. The van der Waals surface area contributed by atoms with Crippen molar-refractivity contribution in [2.24, 2.45) is 0 Å². The van der Waals surface area contributed by atoms with Crippen molar-refractivity contribution in [2.75, 3.05) is 13.1 Å². The lowest BCUT2D eigenvalue weighted by Gasteiger charge is -2.26. The lowest BCUT2D eigenvalue weighted by Crippen LogP contribution is -2.35. The second-order valence-corrected chi connectivity index (χ2v) is 4.67. The first kappa shape index (κ1) is 10.4. The first-order valence-electron chi connectivity index (χ1n) is 6.12. The van der Waals surface area contributed by atoms with Gasteiger partial charge in [0.25, 0.3) is 5.91 Å². The molecule has 0 aliphatic carbocycles. The number of nitrogens with one attached hydrogen (secondary N) is 1. The van der Waals surface area contributed by atoms with Crippen LogP contribution >= 0.6 is 0 Å². The highest BCUT2D eigenvalue weighted by Gasteiger charge is 2.20. The Kier molecular flexibility index (Phi) is 2.42. The maximum Gasteiger partial charge on any atom is 0.270 e. The van der Waals surface area contributed by atoms with Crippen LogP contribution in [0.3, 0.4) is 0 Å². The first-order chi connectivity index (χ1) is 8.24. The van der Waals surface area contributed by atoms with E-state index in [4.69, 9.17) is 4.42 Å². The second-order valence-electron chi connectivity index (χ2n) is 4.67. The summed E-state index contributed by atoms with van der Waals surface area (Å²) in [6.45, 7) is 3.65. The number of rotatable bonds is 1. The Labute approximate surface area is 99.6 Å². The van der Waals surface area contributed by atoms with Crippen LogP contribution in [-0.4, -0.2) is 28.9 Å². The molecule has 17 heavy (non-hydrogen) atoms. The van der Waals surface area contributed by atoms with E-state index in [-0.39, 0.29) is 5.91 Å². The summed E-state index contributed by atoms with van der Waals surface area (Å²) in [7, 11) is 0. The molecule has 1 saturated heterocycles. The molecule has 1 fully saturated rings. The molecule has 1 aliphatic heterocycles. The lowest BCUT2D eigenvalue weighted by molar-refractivity contribution is 0.0719. The molecule has 1 aliphatic rings. The highest BCUT2D eigenvalue weighted by atomic mass is 16.3. The summed E-state index contributed by atoms with van der Waals surface area (Å²) in [6.07, 6.45) is 3.46. The standard InChI is InChI=1S/C13H16N2O2/c1-9-7-10-12(17-9)8-11(14-10)13(16)15-5-3-2-4-6-15/h7-8,14H,2-6H2,1H3. The van der Waals surface area contributed by atoms with Gasteiger partial charge in [0, 0.05) is 25.2 Å². The first-order valence-corrected chi connectivity index (χ1v) is 6.12. The molecular formula is C13H16N2O2. The molecule has 0 saturated carbocycles. The van der Waals surface area contributed by atoms with Gasteiger partial charge in [0.15, 0.2) is 5.58 Å². The molecule has 3 rings (SSSR count).